The monoisotopic (exact) mass is 602 g/mol. The number of hydrogen-bond donors (Lipinski definition) is 2. The number of carbonyl (C=O) groups is 1. The van der Waals surface area contributed by atoms with E-state index >= 15 is 0 Å². The first-order valence-corrected chi connectivity index (χ1v) is 15.0. The van der Waals surface area contributed by atoms with Gasteiger partial charge >= 0.3 is 0 Å². The number of piperazine rings is 1. The molecule has 3 heterocycles. The van der Waals surface area contributed by atoms with Crippen LogP contribution in [0.5, 0.6) is 11.5 Å². The number of nitrogens with zero attached hydrogens (tertiary/aromatic N) is 3. The van der Waals surface area contributed by atoms with Gasteiger partial charge in [0.05, 0.1) is 30.0 Å². The van der Waals surface area contributed by atoms with Gasteiger partial charge in [-0.3, -0.25) is 14.9 Å². The number of morpholine rings is 1. The number of hydroxylamine groups is 1. The molecule has 14 heteroatoms. The van der Waals surface area contributed by atoms with Crippen molar-refractivity contribution in [1.29, 1.82) is 0 Å². The van der Waals surface area contributed by atoms with Gasteiger partial charge in [0.2, 0.25) is 0 Å². The molecule has 3 unspecified atom stereocenters. The van der Waals surface area contributed by atoms with Crippen LogP contribution in [0.1, 0.15) is 12.8 Å². The van der Waals surface area contributed by atoms with Crippen LogP contribution in [0.15, 0.2) is 41.3 Å². The third-order valence-corrected chi connectivity index (χ3v) is 10.1. The van der Waals surface area contributed by atoms with Gasteiger partial charge in [0.1, 0.15) is 11.3 Å². The number of nitrogens with one attached hydrogen (secondary N) is 1. The molecule has 2 N–H and O–H groups in total. The van der Waals surface area contributed by atoms with E-state index in [0.717, 1.165) is 37.2 Å². The lowest BCUT2D eigenvalue weighted by Gasteiger charge is -2.46. The summed E-state index contributed by atoms with van der Waals surface area (Å²) in [6.45, 7) is 4.07. The first kappa shape index (κ1) is 28.7. The fraction of sp³-hybridized carbons (Fsp3) is 0.480. The van der Waals surface area contributed by atoms with E-state index in [4.69, 9.17) is 21.1 Å². The van der Waals surface area contributed by atoms with Gasteiger partial charge < -0.3 is 9.47 Å². The number of ether oxygens (including phenoxy) is 2. The summed E-state index contributed by atoms with van der Waals surface area (Å²) in [7, 11) is -1.34. The third-order valence-electron chi connectivity index (χ3n) is 7.20. The predicted octanol–water partition coefficient (Wildman–Crippen LogP) is 3.44. The van der Waals surface area contributed by atoms with E-state index < -0.39 is 39.8 Å². The zero-order chi connectivity index (χ0) is 27.6. The molecule has 3 aliphatic heterocycles. The molecule has 2 bridgehead atoms. The molecule has 5 rings (SSSR count). The molecular weight excluding hydrogens is 574 g/mol. The predicted molar refractivity (Wildman–Crippen MR) is 143 cm³/mol. The lowest BCUT2D eigenvalue weighted by atomic mass is 9.97. The van der Waals surface area contributed by atoms with Crippen LogP contribution in [0.25, 0.3) is 0 Å². The van der Waals surface area contributed by atoms with Gasteiger partial charge in [-0.25, -0.2) is 27.1 Å². The maximum atomic E-state index is 15.0. The summed E-state index contributed by atoms with van der Waals surface area (Å²) in [5, 5.41) is 10.0. The first-order valence-electron chi connectivity index (χ1n) is 12.6. The Morgan fingerprint density at radius 2 is 1.92 bits per heavy atom. The maximum Gasteiger partial charge on any atom is 0.266 e. The van der Waals surface area contributed by atoms with E-state index in [-0.39, 0.29) is 23.2 Å². The van der Waals surface area contributed by atoms with Crippen LogP contribution in [-0.2, 0) is 20.5 Å². The van der Waals surface area contributed by atoms with E-state index in [1.165, 1.54) is 12.1 Å². The summed E-state index contributed by atoms with van der Waals surface area (Å²) in [6, 6.07) is 8.18. The van der Waals surface area contributed by atoms with Crippen LogP contribution >= 0.6 is 23.5 Å². The molecule has 3 atom stereocenters. The fourth-order valence-corrected chi connectivity index (χ4v) is 7.94. The molecule has 39 heavy (non-hydrogen) atoms. The van der Waals surface area contributed by atoms with E-state index in [2.05, 4.69) is 4.90 Å². The molecule has 2 aromatic rings. The highest BCUT2D eigenvalue weighted by molar-refractivity contribution is 7.97. The van der Waals surface area contributed by atoms with Crippen molar-refractivity contribution in [3.63, 3.8) is 0 Å². The molecule has 0 spiro atoms. The van der Waals surface area contributed by atoms with Crippen molar-refractivity contribution in [2.24, 2.45) is 0 Å². The van der Waals surface area contributed by atoms with Crippen LogP contribution in [0, 0.1) is 11.6 Å². The molecule has 0 aliphatic carbocycles. The van der Waals surface area contributed by atoms with Crippen molar-refractivity contribution in [2.45, 2.75) is 29.3 Å². The number of amides is 1. The summed E-state index contributed by atoms with van der Waals surface area (Å²) in [5.74, 6) is -2.34. The Hall–Kier alpha value is -1.84. The minimum Gasteiger partial charge on any atom is -0.451 e. The van der Waals surface area contributed by atoms with E-state index in [1.54, 1.807) is 26.2 Å². The van der Waals surface area contributed by atoms with E-state index in [9.17, 15) is 23.0 Å². The Kier molecular flexibility index (Phi) is 9.08. The number of fused-ring (bicyclic) bond motifs is 2. The average molecular weight is 603 g/mol. The van der Waals surface area contributed by atoms with Crippen molar-refractivity contribution in [2.75, 3.05) is 51.7 Å². The van der Waals surface area contributed by atoms with Crippen LogP contribution in [-0.4, -0.2) is 92.1 Å². The SMILES string of the molecule is O=C(NO)C12CCC(CN(S(=O)CCN3CCOCC3)C1)N2Sc1cc(F)c(Oc2ccc(Cl)cc2)c(F)c1. The highest BCUT2D eigenvalue weighted by atomic mass is 35.5. The molecule has 0 aromatic heterocycles. The summed E-state index contributed by atoms with van der Waals surface area (Å²) in [5.41, 5.74) is 0.536. The number of halogens is 3. The van der Waals surface area contributed by atoms with Crippen molar-refractivity contribution in [3.8, 4) is 11.5 Å². The van der Waals surface area contributed by atoms with Crippen molar-refractivity contribution >= 4 is 40.4 Å². The Bertz CT molecular complexity index is 1200. The first-order chi connectivity index (χ1) is 18.8. The third kappa shape index (κ3) is 6.25. The van der Waals surface area contributed by atoms with Crippen molar-refractivity contribution < 1.29 is 32.5 Å². The number of rotatable bonds is 9. The van der Waals surface area contributed by atoms with Gasteiger partial charge in [0.25, 0.3) is 5.91 Å². The Labute approximate surface area is 237 Å². The quantitative estimate of drug-likeness (QED) is 0.256. The largest absolute Gasteiger partial charge is 0.451 e. The Morgan fingerprint density at radius 1 is 1.23 bits per heavy atom. The highest BCUT2D eigenvalue weighted by Crippen LogP contribution is 2.47. The molecule has 3 aliphatic rings. The van der Waals surface area contributed by atoms with Crippen molar-refractivity contribution in [3.05, 3.63) is 53.1 Å². The van der Waals surface area contributed by atoms with Gasteiger partial charge in [-0.15, -0.1) is 0 Å². The summed E-state index contributed by atoms with van der Waals surface area (Å²) in [6.07, 6.45) is 0.997. The average Bonchev–Trinajstić information content (AvgIpc) is 3.13. The second kappa shape index (κ2) is 12.4. The maximum absolute atomic E-state index is 15.0. The number of benzene rings is 2. The normalized spacial score (nSPS) is 25.0. The van der Waals surface area contributed by atoms with Crippen LogP contribution < -0.4 is 10.2 Å². The van der Waals surface area contributed by atoms with Crippen molar-refractivity contribution in [1.82, 2.24) is 19.0 Å². The smallest absolute Gasteiger partial charge is 0.266 e. The second-order valence-electron chi connectivity index (χ2n) is 9.66. The van der Waals surface area contributed by atoms with E-state index in [0.29, 0.717) is 49.9 Å². The zero-order valence-electron chi connectivity index (χ0n) is 21.0. The molecule has 2 aromatic carbocycles. The number of hydrogen-bond acceptors (Lipinski definition) is 8. The summed E-state index contributed by atoms with van der Waals surface area (Å²) in [4.78, 5) is 15.4. The molecule has 212 valence electrons. The highest BCUT2D eigenvalue weighted by Gasteiger charge is 2.57. The summed E-state index contributed by atoms with van der Waals surface area (Å²) < 4.78 is 57.5. The molecular formula is C25H29ClF2N4O5S2. The van der Waals surface area contributed by atoms with Gasteiger partial charge in [0.15, 0.2) is 17.4 Å². The molecule has 0 saturated carbocycles. The Balaban J connectivity index is 1.30. The zero-order valence-corrected chi connectivity index (χ0v) is 23.4. The molecule has 0 radical (unpaired) electrons. The van der Waals surface area contributed by atoms with Gasteiger partial charge in [-0.2, -0.15) is 0 Å². The Morgan fingerprint density at radius 3 is 2.59 bits per heavy atom. The minimum absolute atomic E-state index is 0.112. The fourth-order valence-electron chi connectivity index (χ4n) is 5.18. The van der Waals surface area contributed by atoms with Crippen LogP contribution in [0.3, 0.4) is 0 Å². The van der Waals surface area contributed by atoms with Crippen LogP contribution in [0.4, 0.5) is 8.78 Å². The van der Waals surface area contributed by atoms with E-state index in [1.807, 2.05) is 0 Å². The molecule has 3 saturated heterocycles. The topological polar surface area (TPSA) is 94.6 Å². The van der Waals surface area contributed by atoms with Gasteiger partial charge in [-0.05, 0) is 61.2 Å². The van der Waals surface area contributed by atoms with Gasteiger partial charge in [-0.1, -0.05) is 11.6 Å². The molecule has 3 fully saturated rings. The van der Waals surface area contributed by atoms with Crippen LogP contribution in [0.2, 0.25) is 5.02 Å². The lowest BCUT2D eigenvalue weighted by molar-refractivity contribution is -0.140. The van der Waals surface area contributed by atoms with Gasteiger partial charge in [0, 0.05) is 48.7 Å². The minimum atomic E-state index is -1.34. The molecule has 9 nitrogen and oxygen atoms in total. The number of carbonyl (C=O) groups excluding carboxylic acids is 1. The molecule has 1 amide bonds. The lowest BCUT2D eigenvalue weighted by Crippen LogP contribution is -2.65. The second-order valence-corrected chi connectivity index (χ2v) is 12.7. The standard InChI is InChI=1S/C25H29ClF2N4O5S2/c26-17-1-3-19(4-2-17)37-23-21(27)13-20(14-22(23)28)38-32-18-5-6-25(32,24(33)29-34)16-31(15-18)39(35)12-9-30-7-10-36-11-8-30/h1-4,13-14,18,34H,5-12,15-16H2,(H,29,33). The summed E-state index contributed by atoms with van der Waals surface area (Å²) >= 11 is 6.90.